The summed E-state index contributed by atoms with van der Waals surface area (Å²) in [5.41, 5.74) is 4.29. The van der Waals surface area contributed by atoms with Gasteiger partial charge in [-0.15, -0.1) is 11.3 Å². The van der Waals surface area contributed by atoms with Crippen LogP contribution in [0.5, 0.6) is 11.5 Å². The lowest BCUT2D eigenvalue weighted by atomic mass is 10.2. The predicted octanol–water partition coefficient (Wildman–Crippen LogP) is 4.51. The van der Waals surface area contributed by atoms with E-state index in [1.54, 1.807) is 20.4 Å². The number of methoxy groups -OCH3 is 3. The Morgan fingerprint density at radius 3 is 2.71 bits per heavy atom. The molecular formula is C18H18N4O4S2. The zero-order valence-electron chi connectivity index (χ0n) is 15.4. The second-order valence-corrected chi connectivity index (χ2v) is 7.19. The number of nitrogens with one attached hydrogen (secondary N) is 2. The van der Waals surface area contributed by atoms with Gasteiger partial charge in [0.25, 0.3) is 0 Å². The normalized spacial score (nSPS) is 10.7. The zero-order valence-corrected chi connectivity index (χ0v) is 17.0. The van der Waals surface area contributed by atoms with Crippen LogP contribution in [-0.4, -0.2) is 38.6 Å². The van der Waals surface area contributed by atoms with Gasteiger partial charge >= 0.3 is 6.09 Å². The highest BCUT2D eigenvalue weighted by Gasteiger charge is 2.16. The Balaban J connectivity index is 1.82. The Morgan fingerprint density at radius 2 is 2.04 bits per heavy atom. The van der Waals surface area contributed by atoms with E-state index >= 15 is 0 Å². The average Bonchev–Trinajstić information content (AvgIpc) is 3.37. The number of anilines is 2. The van der Waals surface area contributed by atoms with Crippen LogP contribution in [-0.2, 0) is 4.74 Å². The molecule has 1 aromatic carbocycles. The summed E-state index contributed by atoms with van der Waals surface area (Å²) in [7, 11) is 4.46. The zero-order chi connectivity index (χ0) is 19.9. The Hall–Kier alpha value is -3.11. The third kappa shape index (κ3) is 4.41. The molecule has 0 unspecified atom stereocenters. The molecule has 2 N–H and O–H groups in total. The molecule has 2 heterocycles. The molecule has 10 heteroatoms. The van der Waals surface area contributed by atoms with Gasteiger partial charge in [-0.25, -0.2) is 9.78 Å². The van der Waals surface area contributed by atoms with Gasteiger partial charge in [0.05, 0.1) is 32.4 Å². The Bertz CT molecular complexity index is 970. The van der Waals surface area contributed by atoms with Crippen molar-refractivity contribution in [2.75, 3.05) is 32.1 Å². The second-order valence-electron chi connectivity index (χ2n) is 5.24. The summed E-state index contributed by atoms with van der Waals surface area (Å²) >= 11 is 2.78. The van der Waals surface area contributed by atoms with Crippen molar-refractivity contribution in [3.8, 4) is 22.1 Å². The minimum absolute atomic E-state index is 0.521. The summed E-state index contributed by atoms with van der Waals surface area (Å²) in [5.74, 6) is 1.20. The molecule has 0 fully saturated rings. The number of hydrazone groups is 1. The lowest BCUT2D eigenvalue weighted by molar-refractivity contribution is 0.187. The number of amides is 1. The van der Waals surface area contributed by atoms with Crippen molar-refractivity contribution in [2.45, 2.75) is 0 Å². The monoisotopic (exact) mass is 418 g/mol. The van der Waals surface area contributed by atoms with E-state index in [0.717, 1.165) is 10.4 Å². The number of aromatic nitrogens is 1. The molecule has 0 aliphatic heterocycles. The van der Waals surface area contributed by atoms with E-state index in [0.29, 0.717) is 27.3 Å². The Morgan fingerprint density at radius 1 is 1.18 bits per heavy atom. The second kappa shape index (κ2) is 9.20. The number of benzene rings is 1. The molecule has 2 aromatic heterocycles. The highest BCUT2D eigenvalue weighted by molar-refractivity contribution is 7.21. The minimum Gasteiger partial charge on any atom is -0.493 e. The fourth-order valence-electron chi connectivity index (χ4n) is 2.35. The quantitative estimate of drug-likeness (QED) is 0.433. The maximum absolute atomic E-state index is 11.6. The molecule has 0 radical (unpaired) electrons. The van der Waals surface area contributed by atoms with E-state index in [9.17, 15) is 4.79 Å². The molecular weight excluding hydrogens is 400 g/mol. The average molecular weight is 419 g/mol. The number of carbonyl (C=O) groups is 1. The summed E-state index contributed by atoms with van der Waals surface area (Å²) in [6, 6.07) is 9.36. The van der Waals surface area contributed by atoms with Crippen LogP contribution in [0.15, 0.2) is 40.8 Å². The van der Waals surface area contributed by atoms with Crippen LogP contribution in [0.3, 0.4) is 0 Å². The number of thiazole rings is 1. The number of rotatable bonds is 7. The predicted molar refractivity (Wildman–Crippen MR) is 112 cm³/mol. The molecule has 0 aliphatic carbocycles. The van der Waals surface area contributed by atoms with Gasteiger partial charge < -0.3 is 14.2 Å². The van der Waals surface area contributed by atoms with Gasteiger partial charge in [-0.2, -0.15) is 5.10 Å². The third-order valence-electron chi connectivity index (χ3n) is 3.58. The van der Waals surface area contributed by atoms with Gasteiger partial charge in [0.1, 0.15) is 10.7 Å². The largest absolute Gasteiger partial charge is 0.493 e. The molecule has 146 valence electrons. The maximum atomic E-state index is 11.6. The van der Waals surface area contributed by atoms with Crippen LogP contribution in [0.1, 0.15) is 5.56 Å². The summed E-state index contributed by atoms with van der Waals surface area (Å²) < 4.78 is 15.3. The van der Waals surface area contributed by atoms with Crippen molar-refractivity contribution in [3.63, 3.8) is 0 Å². The first-order chi connectivity index (χ1) is 13.7. The molecule has 0 aliphatic rings. The van der Waals surface area contributed by atoms with Crippen LogP contribution < -0.4 is 20.2 Å². The van der Waals surface area contributed by atoms with E-state index in [2.05, 4.69) is 25.6 Å². The van der Waals surface area contributed by atoms with E-state index < -0.39 is 6.09 Å². The van der Waals surface area contributed by atoms with Crippen molar-refractivity contribution in [3.05, 3.63) is 41.3 Å². The number of thiophene rings is 1. The first-order valence-electron chi connectivity index (χ1n) is 8.06. The molecule has 3 aromatic rings. The Labute approximate surface area is 169 Å². The van der Waals surface area contributed by atoms with E-state index in [-0.39, 0.29) is 0 Å². The van der Waals surface area contributed by atoms with E-state index in [4.69, 9.17) is 9.47 Å². The molecule has 8 nitrogen and oxygen atoms in total. The van der Waals surface area contributed by atoms with Crippen molar-refractivity contribution in [1.29, 1.82) is 0 Å². The third-order valence-corrected chi connectivity index (χ3v) is 5.33. The number of carbonyl (C=O) groups excluding carboxylic acids is 1. The summed E-state index contributed by atoms with van der Waals surface area (Å²) in [5, 5.41) is 9.95. The molecule has 3 rings (SSSR count). The highest BCUT2D eigenvalue weighted by Crippen LogP contribution is 2.38. The minimum atomic E-state index is -0.558. The molecule has 0 atom stereocenters. The lowest BCUT2D eigenvalue weighted by Gasteiger charge is -2.09. The number of hydrogen-bond donors (Lipinski definition) is 2. The van der Waals surface area contributed by atoms with Gasteiger partial charge in [-0.3, -0.25) is 10.7 Å². The van der Waals surface area contributed by atoms with Crippen LogP contribution in [0.4, 0.5) is 14.9 Å². The number of nitrogens with zero attached hydrogens (tertiary/aromatic N) is 2. The van der Waals surface area contributed by atoms with Gasteiger partial charge in [-0.1, -0.05) is 23.5 Å². The molecule has 0 spiro atoms. The van der Waals surface area contributed by atoms with Gasteiger partial charge in [-0.05, 0) is 23.6 Å². The summed E-state index contributed by atoms with van der Waals surface area (Å²) in [6.07, 6.45) is 1.05. The van der Waals surface area contributed by atoms with Gasteiger partial charge in [0, 0.05) is 5.56 Å². The smallest absolute Gasteiger partial charge is 0.412 e. The van der Waals surface area contributed by atoms with Crippen molar-refractivity contribution in [2.24, 2.45) is 5.10 Å². The Kier molecular flexibility index (Phi) is 6.45. The lowest BCUT2D eigenvalue weighted by Crippen LogP contribution is -2.10. The van der Waals surface area contributed by atoms with Crippen LogP contribution in [0, 0.1) is 0 Å². The van der Waals surface area contributed by atoms with Gasteiger partial charge in [0.15, 0.2) is 11.5 Å². The van der Waals surface area contributed by atoms with E-state index in [1.165, 1.54) is 29.8 Å². The summed E-state index contributed by atoms with van der Waals surface area (Å²) in [6.45, 7) is 0. The fraction of sp³-hybridized carbons (Fsp3) is 0.167. The number of hydrogen-bond acceptors (Lipinski definition) is 9. The molecule has 1 amide bonds. The van der Waals surface area contributed by atoms with Crippen LogP contribution in [0.25, 0.3) is 10.6 Å². The van der Waals surface area contributed by atoms with Crippen molar-refractivity contribution in [1.82, 2.24) is 4.98 Å². The molecule has 0 bridgehead atoms. The summed E-state index contributed by atoms with van der Waals surface area (Å²) in [4.78, 5) is 17.1. The highest BCUT2D eigenvalue weighted by atomic mass is 32.1. The first kappa shape index (κ1) is 19.6. The van der Waals surface area contributed by atoms with Crippen molar-refractivity contribution < 1.29 is 19.0 Å². The maximum Gasteiger partial charge on any atom is 0.412 e. The first-order valence-corrected chi connectivity index (χ1v) is 9.75. The topological polar surface area (TPSA) is 94.1 Å². The molecule has 0 saturated heterocycles. The van der Waals surface area contributed by atoms with Gasteiger partial charge in [0.2, 0.25) is 5.13 Å². The van der Waals surface area contributed by atoms with E-state index in [1.807, 2.05) is 35.7 Å². The SMILES string of the molecule is COC(=O)Nc1sc(N/N=C\c2cccc(OC)c2OC)nc1-c1cccs1. The number of para-hydroxylation sites is 1. The molecule has 0 saturated carbocycles. The van der Waals surface area contributed by atoms with Crippen LogP contribution >= 0.6 is 22.7 Å². The molecule has 28 heavy (non-hydrogen) atoms. The van der Waals surface area contributed by atoms with Crippen molar-refractivity contribution >= 4 is 45.1 Å². The van der Waals surface area contributed by atoms with Crippen LogP contribution in [0.2, 0.25) is 0 Å². The standard InChI is InChI=1S/C18H18N4O4S2/c1-24-12-7-4-6-11(15(12)25-2)10-19-22-17-20-14(13-8-5-9-27-13)16(28-17)21-18(23)26-3/h4-10H,1-3H3,(H,20,22)(H,21,23)/b19-10-. The fourth-order valence-corrected chi connectivity index (χ4v) is 3.95. The number of ether oxygens (including phenoxy) is 3.